The van der Waals surface area contributed by atoms with Gasteiger partial charge in [-0.15, -0.1) is 11.3 Å². The quantitative estimate of drug-likeness (QED) is 0.670. The van der Waals surface area contributed by atoms with Crippen LogP contribution in [0, 0.1) is 11.6 Å². The van der Waals surface area contributed by atoms with Gasteiger partial charge in [-0.25, -0.2) is 8.78 Å². The summed E-state index contributed by atoms with van der Waals surface area (Å²) >= 11 is 0.988. The Labute approximate surface area is 70.9 Å². The monoisotopic (exact) mass is 186 g/mol. The SMILES string of the molecule is Oc1cc(F)c2scc(F)c2c1. The number of hydrogen-bond acceptors (Lipinski definition) is 2. The van der Waals surface area contributed by atoms with E-state index < -0.39 is 11.6 Å². The van der Waals surface area contributed by atoms with Gasteiger partial charge in [-0.1, -0.05) is 0 Å². The van der Waals surface area contributed by atoms with Gasteiger partial charge < -0.3 is 5.11 Å². The van der Waals surface area contributed by atoms with Crippen molar-refractivity contribution in [3.63, 3.8) is 0 Å². The van der Waals surface area contributed by atoms with Crippen molar-refractivity contribution < 1.29 is 13.9 Å². The Kier molecular flexibility index (Phi) is 1.51. The molecule has 1 N–H and O–H groups in total. The van der Waals surface area contributed by atoms with Gasteiger partial charge in [0.2, 0.25) is 0 Å². The predicted molar refractivity (Wildman–Crippen MR) is 43.4 cm³/mol. The third-order valence-electron chi connectivity index (χ3n) is 1.57. The van der Waals surface area contributed by atoms with Crippen LogP contribution >= 0.6 is 11.3 Å². The third kappa shape index (κ3) is 0.956. The highest BCUT2D eigenvalue weighted by molar-refractivity contribution is 7.17. The number of phenolic OH excluding ortho intramolecular Hbond substituents is 1. The molecule has 12 heavy (non-hydrogen) atoms. The maximum atomic E-state index is 12.9. The molecule has 0 saturated carbocycles. The summed E-state index contributed by atoms with van der Waals surface area (Å²) in [5, 5.41) is 10.3. The summed E-state index contributed by atoms with van der Waals surface area (Å²) in [5.41, 5.74) is 0. The molecule has 0 aliphatic heterocycles. The van der Waals surface area contributed by atoms with Gasteiger partial charge in [0.25, 0.3) is 0 Å². The Bertz CT molecular complexity index is 436. The molecule has 62 valence electrons. The Hall–Kier alpha value is -1.16. The molecule has 2 rings (SSSR count). The van der Waals surface area contributed by atoms with E-state index in [0.29, 0.717) is 0 Å². The summed E-state index contributed by atoms with van der Waals surface area (Å²) in [6.45, 7) is 0. The lowest BCUT2D eigenvalue weighted by Gasteiger charge is -1.93. The van der Waals surface area contributed by atoms with Crippen molar-refractivity contribution >= 4 is 21.4 Å². The first-order valence-electron chi connectivity index (χ1n) is 3.23. The molecule has 0 amide bonds. The zero-order valence-corrected chi connectivity index (χ0v) is 6.66. The summed E-state index contributed by atoms with van der Waals surface area (Å²) in [4.78, 5) is 0. The molecule has 0 saturated heterocycles. The fourth-order valence-electron chi connectivity index (χ4n) is 1.05. The van der Waals surface area contributed by atoms with E-state index in [-0.39, 0.29) is 15.8 Å². The second kappa shape index (κ2) is 2.42. The molecule has 0 aliphatic rings. The minimum Gasteiger partial charge on any atom is -0.508 e. The number of phenols is 1. The van der Waals surface area contributed by atoms with Crippen LogP contribution in [0.25, 0.3) is 10.1 Å². The fourth-order valence-corrected chi connectivity index (χ4v) is 1.85. The average molecular weight is 186 g/mol. The van der Waals surface area contributed by atoms with Crippen molar-refractivity contribution in [2.75, 3.05) is 0 Å². The molecule has 2 aromatic rings. The zero-order valence-electron chi connectivity index (χ0n) is 5.84. The highest BCUT2D eigenvalue weighted by Crippen LogP contribution is 2.30. The first-order valence-corrected chi connectivity index (χ1v) is 4.11. The van der Waals surface area contributed by atoms with E-state index in [4.69, 9.17) is 5.11 Å². The summed E-state index contributed by atoms with van der Waals surface area (Å²) < 4.78 is 26.0. The number of aromatic hydroxyl groups is 1. The Balaban J connectivity index is 2.92. The third-order valence-corrected chi connectivity index (χ3v) is 2.54. The number of thiophene rings is 1. The van der Waals surface area contributed by atoms with E-state index in [1.807, 2.05) is 0 Å². The Morgan fingerprint density at radius 1 is 1.17 bits per heavy atom. The first-order chi connectivity index (χ1) is 5.68. The number of hydrogen-bond donors (Lipinski definition) is 1. The van der Waals surface area contributed by atoms with Crippen molar-refractivity contribution in [3.05, 3.63) is 29.1 Å². The fraction of sp³-hybridized carbons (Fsp3) is 0. The standard InChI is InChI=1S/C8H4F2OS/c9-6-2-4(11)1-5-7(10)3-12-8(5)6/h1-3,11H. The molecule has 1 aromatic heterocycles. The van der Waals surface area contributed by atoms with E-state index in [1.165, 1.54) is 11.4 Å². The highest BCUT2D eigenvalue weighted by atomic mass is 32.1. The molecule has 1 nitrogen and oxygen atoms in total. The van der Waals surface area contributed by atoms with Crippen LogP contribution in [0.4, 0.5) is 8.78 Å². The lowest BCUT2D eigenvalue weighted by Crippen LogP contribution is -1.75. The maximum Gasteiger partial charge on any atom is 0.144 e. The smallest absolute Gasteiger partial charge is 0.144 e. The van der Waals surface area contributed by atoms with Crippen molar-refractivity contribution in [1.29, 1.82) is 0 Å². The van der Waals surface area contributed by atoms with Crippen molar-refractivity contribution in [3.8, 4) is 5.75 Å². The second-order valence-corrected chi connectivity index (χ2v) is 3.27. The van der Waals surface area contributed by atoms with Gasteiger partial charge in [0.05, 0.1) is 4.70 Å². The Morgan fingerprint density at radius 3 is 2.67 bits per heavy atom. The van der Waals surface area contributed by atoms with Crippen LogP contribution in [-0.4, -0.2) is 5.11 Å². The molecule has 0 radical (unpaired) electrons. The lowest BCUT2D eigenvalue weighted by molar-refractivity contribution is 0.470. The molecular formula is C8H4F2OS. The van der Waals surface area contributed by atoms with Gasteiger partial charge in [0.15, 0.2) is 0 Å². The molecule has 0 unspecified atom stereocenters. The van der Waals surface area contributed by atoms with Crippen LogP contribution in [-0.2, 0) is 0 Å². The molecule has 0 aliphatic carbocycles. The summed E-state index contributed by atoms with van der Waals surface area (Å²) in [5.74, 6) is -1.33. The predicted octanol–water partition coefficient (Wildman–Crippen LogP) is 2.89. The van der Waals surface area contributed by atoms with Gasteiger partial charge in [0.1, 0.15) is 17.4 Å². The number of rotatable bonds is 0. The van der Waals surface area contributed by atoms with Gasteiger partial charge in [-0.05, 0) is 6.07 Å². The normalized spacial score (nSPS) is 10.8. The lowest BCUT2D eigenvalue weighted by atomic mass is 10.2. The van der Waals surface area contributed by atoms with E-state index >= 15 is 0 Å². The van der Waals surface area contributed by atoms with E-state index in [1.54, 1.807) is 0 Å². The van der Waals surface area contributed by atoms with Crippen LogP contribution in [0.1, 0.15) is 0 Å². The van der Waals surface area contributed by atoms with E-state index in [0.717, 1.165) is 17.4 Å². The molecule has 0 bridgehead atoms. The molecule has 0 atom stereocenters. The van der Waals surface area contributed by atoms with E-state index in [9.17, 15) is 8.78 Å². The van der Waals surface area contributed by atoms with Crippen LogP contribution in [0.5, 0.6) is 5.75 Å². The molecular weight excluding hydrogens is 182 g/mol. The zero-order chi connectivity index (χ0) is 8.72. The van der Waals surface area contributed by atoms with Crippen LogP contribution in [0.2, 0.25) is 0 Å². The molecule has 4 heteroatoms. The van der Waals surface area contributed by atoms with Gasteiger partial charge in [-0.2, -0.15) is 0 Å². The second-order valence-electron chi connectivity index (χ2n) is 2.39. The first kappa shape index (κ1) is 7.49. The summed E-state index contributed by atoms with van der Waals surface area (Å²) in [6.07, 6.45) is 0. The minimum atomic E-state index is -0.584. The summed E-state index contributed by atoms with van der Waals surface area (Å²) in [7, 11) is 0. The van der Waals surface area contributed by atoms with Crippen LogP contribution in [0.15, 0.2) is 17.5 Å². The summed E-state index contributed by atoms with van der Waals surface area (Å²) in [6, 6.07) is 2.18. The topological polar surface area (TPSA) is 20.2 Å². The molecule has 1 aromatic carbocycles. The molecule has 0 spiro atoms. The van der Waals surface area contributed by atoms with Crippen molar-refractivity contribution in [2.24, 2.45) is 0 Å². The van der Waals surface area contributed by atoms with Gasteiger partial charge >= 0.3 is 0 Å². The largest absolute Gasteiger partial charge is 0.508 e. The number of benzene rings is 1. The van der Waals surface area contributed by atoms with Gasteiger partial charge in [-0.3, -0.25) is 0 Å². The molecule has 0 fully saturated rings. The van der Waals surface area contributed by atoms with Crippen LogP contribution in [0.3, 0.4) is 0 Å². The van der Waals surface area contributed by atoms with Crippen LogP contribution < -0.4 is 0 Å². The minimum absolute atomic E-state index is 0.137. The Morgan fingerprint density at radius 2 is 1.92 bits per heavy atom. The van der Waals surface area contributed by atoms with Gasteiger partial charge in [0, 0.05) is 16.8 Å². The van der Waals surface area contributed by atoms with Crippen molar-refractivity contribution in [1.82, 2.24) is 0 Å². The molecule has 1 heterocycles. The maximum absolute atomic E-state index is 12.9. The van der Waals surface area contributed by atoms with Crippen molar-refractivity contribution in [2.45, 2.75) is 0 Å². The number of fused-ring (bicyclic) bond motifs is 1. The number of halogens is 2. The van der Waals surface area contributed by atoms with E-state index in [2.05, 4.69) is 0 Å². The highest BCUT2D eigenvalue weighted by Gasteiger charge is 2.09. The average Bonchev–Trinajstić information content (AvgIpc) is 2.33.